The van der Waals surface area contributed by atoms with E-state index in [9.17, 15) is 5.26 Å². The van der Waals surface area contributed by atoms with Gasteiger partial charge in [-0.1, -0.05) is 123 Å². The SMILES string of the molecule is CC1(C)c2ccccc2C(c2ccccc2)c2c(C#N)cc(-c3ccccc3-n3c4ccccc4c4ccccc43)cc21. The summed E-state index contributed by atoms with van der Waals surface area (Å²) in [5.41, 5.74) is 12.2. The van der Waals surface area contributed by atoms with Crippen LogP contribution >= 0.6 is 0 Å². The number of fused-ring (bicyclic) bond motifs is 5. The summed E-state index contributed by atoms with van der Waals surface area (Å²) in [4.78, 5) is 0. The Morgan fingerprint density at radius 2 is 1.23 bits per heavy atom. The van der Waals surface area contributed by atoms with Crippen molar-refractivity contribution in [3.63, 3.8) is 0 Å². The first-order chi connectivity index (χ1) is 21.1. The smallest absolute Gasteiger partial charge is 0.0995 e. The van der Waals surface area contributed by atoms with Crippen molar-refractivity contribution in [3.05, 3.63) is 173 Å². The summed E-state index contributed by atoms with van der Waals surface area (Å²) in [7, 11) is 0. The van der Waals surface area contributed by atoms with E-state index >= 15 is 0 Å². The van der Waals surface area contributed by atoms with Crippen molar-refractivity contribution in [2.45, 2.75) is 25.2 Å². The molecule has 2 nitrogen and oxygen atoms in total. The van der Waals surface area contributed by atoms with Gasteiger partial charge in [-0.15, -0.1) is 0 Å². The lowest BCUT2D eigenvalue weighted by atomic mass is 9.62. The van der Waals surface area contributed by atoms with Crippen LogP contribution in [0.5, 0.6) is 0 Å². The van der Waals surface area contributed by atoms with Crippen LogP contribution in [0.4, 0.5) is 0 Å². The first kappa shape index (κ1) is 25.3. The van der Waals surface area contributed by atoms with Gasteiger partial charge in [-0.2, -0.15) is 5.26 Å². The first-order valence-corrected chi connectivity index (χ1v) is 14.9. The summed E-state index contributed by atoms with van der Waals surface area (Å²) in [5, 5.41) is 13.2. The van der Waals surface area contributed by atoms with Crippen LogP contribution < -0.4 is 0 Å². The fraction of sp³-hybridized carbons (Fsp3) is 0.0976. The zero-order valence-corrected chi connectivity index (χ0v) is 24.3. The van der Waals surface area contributed by atoms with E-state index in [-0.39, 0.29) is 11.3 Å². The number of hydrogen-bond acceptors (Lipinski definition) is 1. The maximum absolute atomic E-state index is 10.7. The lowest BCUT2D eigenvalue weighted by Gasteiger charge is -2.40. The molecule has 6 aromatic carbocycles. The standard InChI is InChI=1S/C41H30N2/c1-41(2)34-20-10-6-19-33(34)39(27-14-4-3-5-15-27)40-29(26-42)24-28(25-35(40)41)30-16-7-11-21-36(30)43-37-22-12-8-17-31(37)32-18-9-13-23-38(32)43/h3-25,39H,1-2H3. The van der Waals surface area contributed by atoms with Gasteiger partial charge >= 0.3 is 0 Å². The Labute approximate surface area is 252 Å². The van der Waals surface area contributed by atoms with E-state index in [0.717, 1.165) is 27.9 Å². The molecule has 204 valence electrons. The number of hydrogen-bond donors (Lipinski definition) is 0. The van der Waals surface area contributed by atoms with E-state index < -0.39 is 0 Å². The van der Waals surface area contributed by atoms with Crippen LogP contribution in [0.25, 0.3) is 38.6 Å². The monoisotopic (exact) mass is 550 g/mol. The zero-order chi connectivity index (χ0) is 29.1. The Bertz CT molecular complexity index is 2170. The van der Waals surface area contributed by atoms with Crippen molar-refractivity contribution < 1.29 is 0 Å². The number of aromatic nitrogens is 1. The molecule has 0 fully saturated rings. The molecule has 7 aromatic rings. The molecular formula is C41H30N2. The fourth-order valence-electron chi connectivity index (χ4n) is 7.43. The van der Waals surface area contributed by atoms with E-state index in [1.54, 1.807) is 0 Å². The van der Waals surface area contributed by atoms with E-state index in [4.69, 9.17) is 0 Å². The van der Waals surface area contributed by atoms with Crippen LogP contribution in [0.3, 0.4) is 0 Å². The molecule has 0 amide bonds. The highest BCUT2D eigenvalue weighted by atomic mass is 15.0. The predicted octanol–water partition coefficient (Wildman–Crippen LogP) is 10.1. The molecule has 1 aliphatic carbocycles. The Balaban J connectivity index is 1.42. The summed E-state index contributed by atoms with van der Waals surface area (Å²) in [5.74, 6) is -0.00305. The van der Waals surface area contributed by atoms with Crippen molar-refractivity contribution in [2.24, 2.45) is 0 Å². The summed E-state index contributed by atoms with van der Waals surface area (Å²) in [6, 6.07) is 52.4. The molecule has 1 aliphatic rings. The number of rotatable bonds is 3. The molecule has 0 saturated heterocycles. The minimum absolute atomic E-state index is 0.00305. The summed E-state index contributed by atoms with van der Waals surface area (Å²) in [6.45, 7) is 4.60. The highest BCUT2D eigenvalue weighted by molar-refractivity contribution is 6.09. The average Bonchev–Trinajstić information content (AvgIpc) is 3.39. The summed E-state index contributed by atoms with van der Waals surface area (Å²) in [6.07, 6.45) is 0. The highest BCUT2D eigenvalue weighted by Gasteiger charge is 2.39. The van der Waals surface area contributed by atoms with Crippen LogP contribution in [-0.4, -0.2) is 4.57 Å². The summed E-state index contributed by atoms with van der Waals surface area (Å²) < 4.78 is 2.37. The summed E-state index contributed by atoms with van der Waals surface area (Å²) >= 11 is 0. The number of para-hydroxylation sites is 3. The molecule has 43 heavy (non-hydrogen) atoms. The van der Waals surface area contributed by atoms with Crippen LogP contribution in [0.1, 0.15) is 53.1 Å². The fourth-order valence-corrected chi connectivity index (χ4v) is 7.43. The molecule has 0 aliphatic heterocycles. The Kier molecular flexibility index (Phi) is 5.64. The first-order valence-electron chi connectivity index (χ1n) is 14.9. The van der Waals surface area contributed by atoms with Crippen molar-refractivity contribution in [2.75, 3.05) is 0 Å². The number of nitriles is 1. The van der Waals surface area contributed by atoms with E-state index in [0.29, 0.717) is 0 Å². The topological polar surface area (TPSA) is 28.7 Å². The molecule has 1 unspecified atom stereocenters. The van der Waals surface area contributed by atoms with Crippen molar-refractivity contribution in [3.8, 4) is 22.9 Å². The third-order valence-corrected chi connectivity index (χ3v) is 9.38. The average molecular weight is 551 g/mol. The molecule has 0 bridgehead atoms. The Hall–Kier alpha value is -5.39. The molecule has 0 N–H and O–H groups in total. The largest absolute Gasteiger partial charge is 0.309 e. The van der Waals surface area contributed by atoms with Gasteiger partial charge in [0.25, 0.3) is 0 Å². The Morgan fingerprint density at radius 3 is 1.95 bits per heavy atom. The lowest BCUT2D eigenvalue weighted by Crippen LogP contribution is -2.30. The molecule has 0 spiro atoms. The van der Waals surface area contributed by atoms with Crippen molar-refractivity contribution in [1.82, 2.24) is 4.57 Å². The van der Waals surface area contributed by atoms with Gasteiger partial charge in [0.15, 0.2) is 0 Å². The van der Waals surface area contributed by atoms with Crippen molar-refractivity contribution >= 4 is 21.8 Å². The van der Waals surface area contributed by atoms with E-state index in [1.807, 2.05) is 0 Å². The maximum Gasteiger partial charge on any atom is 0.0995 e. The molecule has 2 heteroatoms. The van der Waals surface area contributed by atoms with Gasteiger partial charge in [0.2, 0.25) is 0 Å². The Morgan fingerprint density at radius 1 is 0.628 bits per heavy atom. The molecule has 1 heterocycles. The second-order valence-electron chi connectivity index (χ2n) is 12.0. The van der Waals surface area contributed by atoms with Crippen molar-refractivity contribution in [1.29, 1.82) is 5.26 Å². The van der Waals surface area contributed by atoms with Crippen LogP contribution in [-0.2, 0) is 5.41 Å². The third kappa shape index (κ3) is 3.72. The van der Waals surface area contributed by atoms with Gasteiger partial charge in [-0.05, 0) is 63.7 Å². The van der Waals surface area contributed by atoms with Crippen LogP contribution in [0.15, 0.2) is 140 Å². The van der Waals surface area contributed by atoms with E-state index in [1.165, 1.54) is 44.1 Å². The lowest BCUT2D eigenvalue weighted by molar-refractivity contribution is 0.597. The number of nitrogens with zero attached hydrogens (tertiary/aromatic N) is 2. The van der Waals surface area contributed by atoms with Crippen LogP contribution in [0, 0.1) is 11.3 Å². The normalized spacial score (nSPS) is 15.1. The molecular weight excluding hydrogens is 520 g/mol. The molecule has 1 atom stereocenters. The quantitative estimate of drug-likeness (QED) is 0.215. The minimum Gasteiger partial charge on any atom is -0.309 e. The van der Waals surface area contributed by atoms with Gasteiger partial charge in [-0.3, -0.25) is 0 Å². The number of benzene rings is 6. The molecule has 8 rings (SSSR count). The van der Waals surface area contributed by atoms with Gasteiger partial charge in [-0.25, -0.2) is 0 Å². The maximum atomic E-state index is 10.7. The van der Waals surface area contributed by atoms with Gasteiger partial charge in [0, 0.05) is 27.7 Å². The van der Waals surface area contributed by atoms with Gasteiger partial charge in [0.05, 0.1) is 28.4 Å². The van der Waals surface area contributed by atoms with Crippen LogP contribution in [0.2, 0.25) is 0 Å². The van der Waals surface area contributed by atoms with E-state index in [2.05, 4.69) is 164 Å². The second kappa shape index (κ2) is 9.58. The van der Waals surface area contributed by atoms with Gasteiger partial charge < -0.3 is 4.57 Å². The predicted molar refractivity (Wildman–Crippen MR) is 177 cm³/mol. The third-order valence-electron chi connectivity index (χ3n) is 9.38. The highest BCUT2D eigenvalue weighted by Crippen LogP contribution is 2.51. The second-order valence-corrected chi connectivity index (χ2v) is 12.0. The zero-order valence-electron chi connectivity index (χ0n) is 24.3. The van der Waals surface area contributed by atoms with Gasteiger partial charge in [0.1, 0.15) is 0 Å². The minimum atomic E-state index is -0.277. The molecule has 0 saturated carbocycles. The molecule has 1 aromatic heterocycles. The molecule has 0 radical (unpaired) electrons.